The van der Waals surface area contributed by atoms with Crippen LogP contribution in [0.1, 0.15) is 33.1 Å². The van der Waals surface area contributed by atoms with Crippen molar-refractivity contribution < 1.29 is 9.53 Å². The van der Waals surface area contributed by atoms with E-state index in [0.29, 0.717) is 12.5 Å². The van der Waals surface area contributed by atoms with E-state index in [9.17, 15) is 4.79 Å². The van der Waals surface area contributed by atoms with E-state index in [2.05, 4.69) is 24.5 Å². The second-order valence-corrected chi connectivity index (χ2v) is 5.19. The summed E-state index contributed by atoms with van der Waals surface area (Å²) in [5.74, 6) is 0.710. The van der Waals surface area contributed by atoms with Gasteiger partial charge in [0.1, 0.15) is 0 Å². The summed E-state index contributed by atoms with van der Waals surface area (Å²) in [5, 5.41) is 6.38. The standard InChI is InChI=1S/C13H26N2O2/c1-4-11(2)9-15-12(16)13(10-17-3)5-7-14-8-6-13/h11,14H,4-10H2,1-3H3,(H,15,16). The molecule has 100 valence electrons. The van der Waals surface area contributed by atoms with Crippen LogP contribution < -0.4 is 10.6 Å². The van der Waals surface area contributed by atoms with Gasteiger partial charge in [0.05, 0.1) is 12.0 Å². The third-order valence-corrected chi connectivity index (χ3v) is 3.77. The zero-order chi connectivity index (χ0) is 12.7. The molecule has 4 nitrogen and oxygen atoms in total. The first-order chi connectivity index (χ1) is 8.14. The molecule has 1 aliphatic rings. The lowest BCUT2D eigenvalue weighted by Gasteiger charge is -2.35. The zero-order valence-electron chi connectivity index (χ0n) is 11.3. The summed E-state index contributed by atoms with van der Waals surface area (Å²) in [7, 11) is 1.67. The van der Waals surface area contributed by atoms with Gasteiger partial charge in [0.15, 0.2) is 0 Å². The molecule has 1 rings (SSSR count). The van der Waals surface area contributed by atoms with Crippen molar-refractivity contribution >= 4 is 5.91 Å². The highest BCUT2D eigenvalue weighted by atomic mass is 16.5. The van der Waals surface area contributed by atoms with Gasteiger partial charge in [-0.3, -0.25) is 4.79 Å². The van der Waals surface area contributed by atoms with E-state index in [1.54, 1.807) is 7.11 Å². The van der Waals surface area contributed by atoms with Gasteiger partial charge in [-0.2, -0.15) is 0 Å². The number of ether oxygens (including phenoxy) is 1. The summed E-state index contributed by atoms with van der Waals surface area (Å²) >= 11 is 0. The Labute approximate surface area is 104 Å². The minimum atomic E-state index is -0.312. The summed E-state index contributed by atoms with van der Waals surface area (Å²) in [4.78, 5) is 12.3. The predicted molar refractivity (Wildman–Crippen MR) is 68.9 cm³/mol. The molecule has 0 aromatic heterocycles. The third kappa shape index (κ3) is 3.96. The number of amides is 1. The highest BCUT2D eigenvalue weighted by molar-refractivity contribution is 5.83. The maximum absolute atomic E-state index is 12.3. The summed E-state index contributed by atoms with van der Waals surface area (Å²) in [6.07, 6.45) is 2.83. The molecule has 0 bridgehead atoms. The van der Waals surface area contributed by atoms with E-state index in [4.69, 9.17) is 4.74 Å². The van der Waals surface area contributed by atoms with Gasteiger partial charge in [-0.1, -0.05) is 20.3 Å². The highest BCUT2D eigenvalue weighted by Crippen LogP contribution is 2.29. The van der Waals surface area contributed by atoms with Crippen LogP contribution in [0.3, 0.4) is 0 Å². The Morgan fingerprint density at radius 3 is 2.65 bits per heavy atom. The summed E-state index contributed by atoms with van der Waals surface area (Å²) in [6.45, 7) is 7.41. The van der Waals surface area contributed by atoms with E-state index in [1.807, 2.05) is 0 Å². The van der Waals surface area contributed by atoms with Crippen molar-refractivity contribution in [2.75, 3.05) is 33.4 Å². The van der Waals surface area contributed by atoms with E-state index in [1.165, 1.54) is 0 Å². The van der Waals surface area contributed by atoms with Crippen LogP contribution in [-0.4, -0.2) is 39.3 Å². The van der Waals surface area contributed by atoms with Crippen molar-refractivity contribution in [2.45, 2.75) is 33.1 Å². The molecule has 0 radical (unpaired) electrons. The number of rotatable bonds is 6. The molecule has 4 heteroatoms. The topological polar surface area (TPSA) is 50.4 Å². The fourth-order valence-corrected chi connectivity index (χ4v) is 2.22. The predicted octanol–water partition coefficient (Wildman–Crippen LogP) is 1.16. The van der Waals surface area contributed by atoms with Crippen molar-refractivity contribution in [3.8, 4) is 0 Å². The number of carbonyl (C=O) groups is 1. The number of methoxy groups -OCH3 is 1. The van der Waals surface area contributed by atoms with Gasteiger partial charge in [0, 0.05) is 13.7 Å². The molecule has 1 atom stereocenters. The quantitative estimate of drug-likeness (QED) is 0.735. The third-order valence-electron chi connectivity index (χ3n) is 3.77. The first kappa shape index (κ1) is 14.5. The summed E-state index contributed by atoms with van der Waals surface area (Å²) in [6, 6.07) is 0. The van der Waals surface area contributed by atoms with Crippen LogP contribution in [0.2, 0.25) is 0 Å². The van der Waals surface area contributed by atoms with Crippen LogP contribution in [0.25, 0.3) is 0 Å². The molecule has 0 saturated carbocycles. The molecule has 0 spiro atoms. The molecular formula is C13H26N2O2. The molecule has 1 fully saturated rings. The lowest BCUT2D eigenvalue weighted by molar-refractivity contribution is -0.136. The van der Waals surface area contributed by atoms with E-state index >= 15 is 0 Å². The lowest BCUT2D eigenvalue weighted by Crippen LogP contribution is -2.50. The van der Waals surface area contributed by atoms with Crippen LogP contribution in [0.15, 0.2) is 0 Å². The van der Waals surface area contributed by atoms with Crippen LogP contribution >= 0.6 is 0 Å². The van der Waals surface area contributed by atoms with Crippen LogP contribution in [0.4, 0.5) is 0 Å². The molecule has 1 aliphatic heterocycles. The van der Waals surface area contributed by atoms with Crippen molar-refractivity contribution in [1.82, 2.24) is 10.6 Å². The molecule has 1 heterocycles. The summed E-state index contributed by atoms with van der Waals surface area (Å²) < 4.78 is 5.25. The minimum absolute atomic E-state index is 0.168. The molecule has 1 amide bonds. The van der Waals surface area contributed by atoms with Crippen molar-refractivity contribution in [2.24, 2.45) is 11.3 Å². The average Bonchev–Trinajstić information content (AvgIpc) is 2.36. The number of hydrogen-bond donors (Lipinski definition) is 2. The van der Waals surface area contributed by atoms with Crippen molar-refractivity contribution in [3.63, 3.8) is 0 Å². The van der Waals surface area contributed by atoms with Crippen molar-refractivity contribution in [3.05, 3.63) is 0 Å². The first-order valence-corrected chi connectivity index (χ1v) is 6.62. The van der Waals surface area contributed by atoms with Crippen molar-refractivity contribution in [1.29, 1.82) is 0 Å². The van der Waals surface area contributed by atoms with Gasteiger partial charge in [-0.15, -0.1) is 0 Å². The Morgan fingerprint density at radius 2 is 2.12 bits per heavy atom. The number of hydrogen-bond acceptors (Lipinski definition) is 3. The molecule has 1 unspecified atom stereocenters. The minimum Gasteiger partial charge on any atom is -0.384 e. The van der Waals surface area contributed by atoms with Gasteiger partial charge >= 0.3 is 0 Å². The first-order valence-electron chi connectivity index (χ1n) is 6.62. The van der Waals surface area contributed by atoms with Gasteiger partial charge in [-0.05, 0) is 31.8 Å². The number of carbonyl (C=O) groups excluding carboxylic acids is 1. The monoisotopic (exact) mass is 242 g/mol. The molecule has 17 heavy (non-hydrogen) atoms. The fourth-order valence-electron chi connectivity index (χ4n) is 2.22. The number of nitrogens with one attached hydrogen (secondary N) is 2. The molecular weight excluding hydrogens is 216 g/mol. The highest BCUT2D eigenvalue weighted by Gasteiger charge is 2.39. The SMILES string of the molecule is CCC(C)CNC(=O)C1(COC)CCNCC1. The number of piperidine rings is 1. The Kier molecular flexibility index (Phi) is 5.92. The summed E-state index contributed by atoms with van der Waals surface area (Å²) in [5.41, 5.74) is -0.312. The molecule has 1 saturated heterocycles. The van der Waals surface area contributed by atoms with Gasteiger partial charge in [-0.25, -0.2) is 0 Å². The van der Waals surface area contributed by atoms with E-state index < -0.39 is 0 Å². The molecule has 0 aromatic carbocycles. The van der Waals surface area contributed by atoms with E-state index in [-0.39, 0.29) is 11.3 Å². The van der Waals surface area contributed by atoms with Crippen LogP contribution in [0, 0.1) is 11.3 Å². The second-order valence-electron chi connectivity index (χ2n) is 5.19. The van der Waals surface area contributed by atoms with Gasteiger partial charge in [0.2, 0.25) is 5.91 Å². The largest absolute Gasteiger partial charge is 0.384 e. The maximum atomic E-state index is 12.3. The smallest absolute Gasteiger partial charge is 0.228 e. The van der Waals surface area contributed by atoms with Crippen LogP contribution in [-0.2, 0) is 9.53 Å². The lowest BCUT2D eigenvalue weighted by atomic mass is 9.78. The Bertz CT molecular complexity index is 232. The Morgan fingerprint density at radius 1 is 1.47 bits per heavy atom. The second kappa shape index (κ2) is 6.97. The maximum Gasteiger partial charge on any atom is 0.228 e. The normalized spacial score (nSPS) is 20.9. The molecule has 0 aromatic rings. The Hall–Kier alpha value is -0.610. The van der Waals surface area contributed by atoms with Crippen LogP contribution in [0.5, 0.6) is 0 Å². The molecule has 0 aliphatic carbocycles. The zero-order valence-corrected chi connectivity index (χ0v) is 11.3. The Balaban J connectivity index is 2.53. The van der Waals surface area contributed by atoms with Gasteiger partial charge < -0.3 is 15.4 Å². The van der Waals surface area contributed by atoms with E-state index in [0.717, 1.165) is 38.9 Å². The van der Waals surface area contributed by atoms with Gasteiger partial charge in [0.25, 0.3) is 0 Å². The molecule has 2 N–H and O–H groups in total. The average molecular weight is 242 g/mol. The fraction of sp³-hybridized carbons (Fsp3) is 0.923.